The second kappa shape index (κ2) is 9.76. The number of hydrogen-bond donors (Lipinski definition) is 2. The quantitative estimate of drug-likeness (QED) is 0.566. The van der Waals surface area contributed by atoms with E-state index in [-0.39, 0.29) is 22.9 Å². The molecule has 0 bridgehead atoms. The van der Waals surface area contributed by atoms with Gasteiger partial charge in [0.1, 0.15) is 23.6 Å². The van der Waals surface area contributed by atoms with E-state index in [0.29, 0.717) is 11.1 Å². The molecule has 8 heteroatoms. The standard InChI is InChI=1S/C22H22N6O2/c1-27(2)17-7-5-15(21(29)9-17)13-25-19(11-23)20(12-24)26-14-16-6-8-18(28(3)4)10-22(16)30/h5-10,13-14,29-30H,1-4H3/b20-19+,25-13?,26-14?. The van der Waals surface area contributed by atoms with Crippen LogP contribution in [0.2, 0.25) is 0 Å². The van der Waals surface area contributed by atoms with E-state index in [1.54, 1.807) is 36.4 Å². The third kappa shape index (κ3) is 5.37. The van der Waals surface area contributed by atoms with E-state index >= 15 is 0 Å². The largest absolute Gasteiger partial charge is 0.507 e. The molecule has 0 saturated carbocycles. The topological polar surface area (TPSA) is 119 Å². The molecular weight excluding hydrogens is 380 g/mol. The van der Waals surface area contributed by atoms with Gasteiger partial charge in [0.2, 0.25) is 0 Å². The van der Waals surface area contributed by atoms with Crippen molar-refractivity contribution >= 4 is 23.8 Å². The van der Waals surface area contributed by atoms with Gasteiger partial charge in [-0.15, -0.1) is 0 Å². The molecule has 30 heavy (non-hydrogen) atoms. The maximum absolute atomic E-state index is 10.1. The molecule has 0 atom stereocenters. The van der Waals surface area contributed by atoms with Crippen LogP contribution in [0, 0.1) is 22.7 Å². The highest BCUT2D eigenvalue weighted by molar-refractivity contribution is 5.87. The van der Waals surface area contributed by atoms with E-state index in [4.69, 9.17) is 0 Å². The first-order chi connectivity index (χ1) is 14.3. The van der Waals surface area contributed by atoms with Crippen molar-refractivity contribution in [2.45, 2.75) is 0 Å². The van der Waals surface area contributed by atoms with Crippen LogP contribution < -0.4 is 9.80 Å². The van der Waals surface area contributed by atoms with Gasteiger partial charge in [0.05, 0.1) is 0 Å². The lowest BCUT2D eigenvalue weighted by molar-refractivity contribution is 0.474. The number of phenols is 2. The third-order valence-electron chi connectivity index (χ3n) is 4.16. The molecule has 2 rings (SSSR count). The smallest absolute Gasteiger partial charge is 0.176 e. The van der Waals surface area contributed by atoms with E-state index in [2.05, 4.69) is 9.98 Å². The third-order valence-corrected chi connectivity index (χ3v) is 4.16. The number of nitrogens with zero attached hydrogens (tertiary/aromatic N) is 6. The van der Waals surface area contributed by atoms with Gasteiger partial charge in [-0.2, -0.15) is 10.5 Å². The molecule has 152 valence electrons. The van der Waals surface area contributed by atoms with Gasteiger partial charge < -0.3 is 20.0 Å². The summed E-state index contributed by atoms with van der Waals surface area (Å²) in [5, 5.41) is 39.0. The van der Waals surface area contributed by atoms with E-state index in [0.717, 1.165) is 11.4 Å². The molecule has 0 aliphatic rings. The molecule has 0 unspecified atom stereocenters. The van der Waals surface area contributed by atoms with Crippen LogP contribution in [0.25, 0.3) is 0 Å². The number of anilines is 2. The van der Waals surface area contributed by atoms with Crippen molar-refractivity contribution in [2.75, 3.05) is 38.0 Å². The zero-order valence-electron chi connectivity index (χ0n) is 17.2. The molecule has 0 heterocycles. The minimum absolute atomic E-state index is 0.00449. The van der Waals surface area contributed by atoms with Gasteiger partial charge in [0, 0.05) is 75.3 Å². The summed E-state index contributed by atoms with van der Waals surface area (Å²) in [6, 6.07) is 13.7. The molecule has 0 fully saturated rings. The zero-order chi connectivity index (χ0) is 22.3. The van der Waals surface area contributed by atoms with Crippen LogP contribution >= 0.6 is 0 Å². The van der Waals surface area contributed by atoms with E-state index in [1.165, 1.54) is 12.4 Å². The Balaban J connectivity index is 2.33. The molecule has 0 aromatic heterocycles. The number of allylic oxidation sites excluding steroid dienone is 2. The molecular formula is C22H22N6O2. The van der Waals surface area contributed by atoms with Gasteiger partial charge in [-0.1, -0.05) is 0 Å². The summed E-state index contributed by atoms with van der Waals surface area (Å²) in [5.41, 5.74) is 1.98. The van der Waals surface area contributed by atoms with E-state index in [1.807, 2.05) is 50.1 Å². The van der Waals surface area contributed by atoms with Crippen LogP contribution in [0.15, 0.2) is 57.8 Å². The number of nitriles is 2. The summed E-state index contributed by atoms with van der Waals surface area (Å²) in [4.78, 5) is 11.7. The van der Waals surface area contributed by atoms with E-state index < -0.39 is 0 Å². The number of hydrogen-bond acceptors (Lipinski definition) is 8. The fourth-order valence-electron chi connectivity index (χ4n) is 2.39. The SMILES string of the molecule is CN(C)c1ccc(C=N/C(C#N)=C(\C#N)N=Cc2ccc(N(C)C)cc2O)c(O)c1. The van der Waals surface area contributed by atoms with E-state index in [9.17, 15) is 20.7 Å². The Morgan fingerprint density at radius 2 is 1.13 bits per heavy atom. The Morgan fingerprint density at radius 3 is 1.40 bits per heavy atom. The van der Waals surface area contributed by atoms with Gasteiger partial charge in [-0.05, 0) is 24.3 Å². The number of phenolic OH excluding ortho intramolecular Hbond substituents is 2. The Bertz CT molecular complexity index is 1010. The second-order valence-electron chi connectivity index (χ2n) is 6.71. The summed E-state index contributed by atoms with van der Waals surface area (Å²) in [5.74, 6) is -0.00898. The zero-order valence-corrected chi connectivity index (χ0v) is 17.2. The summed E-state index contributed by atoms with van der Waals surface area (Å²) in [6.45, 7) is 0. The van der Waals surface area contributed by atoms with Crippen LogP contribution in [0.3, 0.4) is 0 Å². The van der Waals surface area contributed by atoms with Crippen molar-refractivity contribution in [1.82, 2.24) is 0 Å². The molecule has 0 radical (unpaired) electrons. The van der Waals surface area contributed by atoms with Crippen molar-refractivity contribution < 1.29 is 10.2 Å². The highest BCUT2D eigenvalue weighted by Gasteiger charge is 2.07. The molecule has 0 amide bonds. The number of rotatable bonds is 6. The Labute approximate surface area is 175 Å². The van der Waals surface area contributed by atoms with Gasteiger partial charge in [-0.3, -0.25) is 0 Å². The van der Waals surface area contributed by atoms with Gasteiger partial charge in [0.15, 0.2) is 11.4 Å². The minimum atomic E-state index is -0.214. The second-order valence-corrected chi connectivity index (χ2v) is 6.71. The Kier molecular flexibility index (Phi) is 7.16. The maximum Gasteiger partial charge on any atom is 0.176 e. The predicted octanol–water partition coefficient (Wildman–Crippen LogP) is 3.03. The van der Waals surface area contributed by atoms with Crippen molar-refractivity contribution in [2.24, 2.45) is 9.98 Å². The normalized spacial score (nSPS) is 11.8. The summed E-state index contributed by atoms with van der Waals surface area (Å²) in [6.07, 6.45) is 2.59. The van der Waals surface area contributed by atoms with Crippen LogP contribution in [0.1, 0.15) is 11.1 Å². The fraction of sp³-hybridized carbons (Fsp3) is 0.182. The first-order valence-corrected chi connectivity index (χ1v) is 8.90. The molecule has 0 aliphatic heterocycles. The van der Waals surface area contributed by atoms with Gasteiger partial charge in [0.25, 0.3) is 0 Å². The van der Waals surface area contributed by atoms with Crippen molar-refractivity contribution in [3.63, 3.8) is 0 Å². The van der Waals surface area contributed by atoms with Crippen LogP contribution in [-0.4, -0.2) is 50.8 Å². The number of aromatic hydroxyl groups is 2. The van der Waals surface area contributed by atoms with Crippen molar-refractivity contribution in [3.05, 3.63) is 58.9 Å². The first-order valence-electron chi connectivity index (χ1n) is 8.90. The minimum Gasteiger partial charge on any atom is -0.507 e. The molecule has 0 saturated heterocycles. The lowest BCUT2D eigenvalue weighted by atomic mass is 10.2. The van der Waals surface area contributed by atoms with Gasteiger partial charge in [-0.25, -0.2) is 9.98 Å². The first kappa shape index (κ1) is 22.0. The lowest BCUT2D eigenvalue weighted by Gasteiger charge is -2.13. The summed E-state index contributed by atoms with van der Waals surface area (Å²) in [7, 11) is 7.40. The Hall–Kier alpha value is -4.30. The molecule has 0 spiro atoms. The maximum atomic E-state index is 10.1. The van der Waals surface area contributed by atoms with Crippen molar-refractivity contribution in [1.29, 1.82) is 10.5 Å². The average Bonchev–Trinajstić information content (AvgIpc) is 2.71. The molecule has 2 aromatic carbocycles. The van der Waals surface area contributed by atoms with Crippen molar-refractivity contribution in [3.8, 4) is 23.6 Å². The Morgan fingerprint density at radius 1 is 0.767 bits per heavy atom. The molecule has 0 aliphatic carbocycles. The highest BCUT2D eigenvalue weighted by atomic mass is 16.3. The number of aliphatic imine (C=N–C) groups is 2. The average molecular weight is 402 g/mol. The predicted molar refractivity (Wildman–Crippen MR) is 118 cm³/mol. The van der Waals surface area contributed by atoms with Crippen LogP contribution in [0.5, 0.6) is 11.5 Å². The molecule has 8 nitrogen and oxygen atoms in total. The summed E-state index contributed by atoms with van der Waals surface area (Å²) < 4.78 is 0. The van der Waals surface area contributed by atoms with Crippen LogP contribution in [-0.2, 0) is 0 Å². The number of benzene rings is 2. The monoisotopic (exact) mass is 402 g/mol. The fourth-order valence-corrected chi connectivity index (χ4v) is 2.39. The van der Waals surface area contributed by atoms with Crippen LogP contribution in [0.4, 0.5) is 11.4 Å². The van der Waals surface area contributed by atoms with Gasteiger partial charge >= 0.3 is 0 Å². The molecule has 2 aromatic rings. The summed E-state index contributed by atoms with van der Waals surface area (Å²) >= 11 is 0. The lowest BCUT2D eigenvalue weighted by Crippen LogP contribution is -2.08. The highest BCUT2D eigenvalue weighted by Crippen LogP contribution is 2.24. The molecule has 2 N–H and O–H groups in total.